The summed E-state index contributed by atoms with van der Waals surface area (Å²) in [6, 6.07) is 11.6. The number of amides is 2. The number of carbonyl (C=O) groups excluding carboxylic acids is 2. The number of likely N-dealkylation sites (tertiary alicyclic amines) is 1. The molecule has 1 aliphatic heterocycles. The van der Waals surface area contributed by atoms with Crippen LogP contribution in [0.5, 0.6) is 0 Å². The highest BCUT2D eigenvalue weighted by Crippen LogP contribution is 2.22. The quantitative estimate of drug-likeness (QED) is 0.779. The maximum atomic E-state index is 12.1. The van der Waals surface area contributed by atoms with Gasteiger partial charge in [-0.3, -0.25) is 14.5 Å². The van der Waals surface area contributed by atoms with Gasteiger partial charge in [-0.25, -0.2) is 0 Å². The zero-order valence-electron chi connectivity index (χ0n) is 17.6. The van der Waals surface area contributed by atoms with Gasteiger partial charge in [0.15, 0.2) is 5.76 Å². The lowest BCUT2D eigenvalue weighted by atomic mass is 9.91. The van der Waals surface area contributed by atoms with E-state index in [0.29, 0.717) is 6.54 Å². The van der Waals surface area contributed by atoms with E-state index in [9.17, 15) is 9.59 Å². The second-order valence-corrected chi connectivity index (χ2v) is 8.37. The van der Waals surface area contributed by atoms with Crippen LogP contribution >= 0.6 is 0 Å². The molecule has 2 aromatic rings. The van der Waals surface area contributed by atoms with Gasteiger partial charge in [0.25, 0.3) is 5.91 Å². The SMILES string of the molecule is CC1CC(C)CN(Cc2ccc(CNC(=O)CN(C)C(=O)c3ccco3)cc2)C1. The normalized spacial score (nSPS) is 19.7. The summed E-state index contributed by atoms with van der Waals surface area (Å²) in [5, 5.41) is 2.87. The molecule has 0 spiro atoms. The molecule has 0 aliphatic carbocycles. The maximum absolute atomic E-state index is 12.1. The molecular formula is C23H31N3O3. The molecule has 0 bridgehead atoms. The fourth-order valence-electron chi connectivity index (χ4n) is 4.07. The zero-order valence-corrected chi connectivity index (χ0v) is 17.6. The minimum Gasteiger partial charge on any atom is -0.459 e. The van der Waals surface area contributed by atoms with Crippen LogP contribution in [0.4, 0.5) is 0 Å². The first kappa shape index (κ1) is 21.1. The monoisotopic (exact) mass is 397 g/mol. The number of nitrogens with one attached hydrogen (secondary N) is 1. The minimum absolute atomic E-state index is 0.0110. The molecule has 1 saturated heterocycles. The molecule has 6 heteroatoms. The topological polar surface area (TPSA) is 65.8 Å². The third kappa shape index (κ3) is 6.19. The van der Waals surface area contributed by atoms with E-state index in [1.807, 2.05) is 0 Å². The molecule has 156 valence electrons. The number of hydrogen-bond acceptors (Lipinski definition) is 4. The van der Waals surface area contributed by atoms with Crippen molar-refractivity contribution in [3.05, 3.63) is 59.5 Å². The van der Waals surface area contributed by atoms with Gasteiger partial charge in [-0.15, -0.1) is 0 Å². The summed E-state index contributed by atoms with van der Waals surface area (Å²) in [7, 11) is 1.58. The Balaban J connectivity index is 1.43. The average molecular weight is 398 g/mol. The van der Waals surface area contributed by atoms with Gasteiger partial charge in [0.2, 0.25) is 5.91 Å². The highest BCUT2D eigenvalue weighted by Gasteiger charge is 2.21. The van der Waals surface area contributed by atoms with E-state index >= 15 is 0 Å². The lowest BCUT2D eigenvalue weighted by molar-refractivity contribution is -0.121. The van der Waals surface area contributed by atoms with E-state index in [1.54, 1.807) is 19.2 Å². The van der Waals surface area contributed by atoms with E-state index in [4.69, 9.17) is 4.42 Å². The molecule has 6 nitrogen and oxygen atoms in total. The van der Waals surface area contributed by atoms with E-state index < -0.39 is 0 Å². The van der Waals surface area contributed by atoms with E-state index in [2.05, 4.69) is 48.3 Å². The number of furan rings is 1. The smallest absolute Gasteiger partial charge is 0.289 e. The van der Waals surface area contributed by atoms with Crippen molar-refractivity contribution in [1.29, 1.82) is 0 Å². The van der Waals surface area contributed by atoms with Crippen molar-refractivity contribution >= 4 is 11.8 Å². The van der Waals surface area contributed by atoms with Crippen LogP contribution in [0.1, 0.15) is 41.9 Å². The Morgan fingerprint density at radius 1 is 1.10 bits per heavy atom. The fraction of sp³-hybridized carbons (Fsp3) is 0.478. The van der Waals surface area contributed by atoms with Crippen LogP contribution in [-0.4, -0.2) is 48.3 Å². The second-order valence-electron chi connectivity index (χ2n) is 8.37. The highest BCUT2D eigenvalue weighted by molar-refractivity contribution is 5.94. The Bertz CT molecular complexity index is 791. The first-order valence-corrected chi connectivity index (χ1v) is 10.3. The number of piperidine rings is 1. The Hall–Kier alpha value is -2.60. The lowest BCUT2D eigenvalue weighted by Crippen LogP contribution is -2.38. The number of hydrogen-bond donors (Lipinski definition) is 1. The van der Waals surface area contributed by atoms with Gasteiger partial charge in [-0.2, -0.15) is 0 Å². The van der Waals surface area contributed by atoms with Crippen molar-refractivity contribution < 1.29 is 14.0 Å². The molecule has 1 aromatic heterocycles. The summed E-state index contributed by atoms with van der Waals surface area (Å²) >= 11 is 0. The highest BCUT2D eigenvalue weighted by atomic mass is 16.3. The van der Waals surface area contributed by atoms with Crippen molar-refractivity contribution in [3.63, 3.8) is 0 Å². The Morgan fingerprint density at radius 2 is 1.76 bits per heavy atom. The number of benzene rings is 1. The Kier molecular flexibility index (Phi) is 7.09. The molecule has 0 radical (unpaired) electrons. The third-order valence-corrected chi connectivity index (χ3v) is 5.32. The van der Waals surface area contributed by atoms with Crippen molar-refractivity contribution in [2.24, 2.45) is 11.8 Å². The molecule has 29 heavy (non-hydrogen) atoms. The van der Waals surface area contributed by atoms with Gasteiger partial charge < -0.3 is 14.6 Å². The van der Waals surface area contributed by atoms with E-state index in [0.717, 1.165) is 37.0 Å². The van der Waals surface area contributed by atoms with Crippen LogP contribution in [0, 0.1) is 11.8 Å². The molecule has 1 fully saturated rings. The van der Waals surface area contributed by atoms with E-state index in [1.165, 1.54) is 23.1 Å². The molecule has 2 amide bonds. The van der Waals surface area contributed by atoms with Crippen molar-refractivity contribution in [2.75, 3.05) is 26.7 Å². The van der Waals surface area contributed by atoms with Crippen molar-refractivity contribution in [1.82, 2.24) is 15.1 Å². The van der Waals surface area contributed by atoms with Gasteiger partial charge in [0, 0.05) is 33.2 Å². The first-order valence-electron chi connectivity index (χ1n) is 10.3. The molecule has 2 heterocycles. The van der Waals surface area contributed by atoms with Gasteiger partial charge >= 0.3 is 0 Å². The van der Waals surface area contributed by atoms with Crippen molar-refractivity contribution in [2.45, 2.75) is 33.4 Å². The fourth-order valence-corrected chi connectivity index (χ4v) is 4.07. The summed E-state index contributed by atoms with van der Waals surface area (Å²) in [5.74, 6) is 1.23. The van der Waals surface area contributed by atoms with Crippen LogP contribution in [0.2, 0.25) is 0 Å². The van der Waals surface area contributed by atoms with Crippen molar-refractivity contribution in [3.8, 4) is 0 Å². The maximum Gasteiger partial charge on any atom is 0.289 e. The summed E-state index contributed by atoms with van der Waals surface area (Å²) in [4.78, 5) is 28.1. The second kappa shape index (κ2) is 9.74. The summed E-state index contributed by atoms with van der Waals surface area (Å²) in [5.41, 5.74) is 2.34. The summed E-state index contributed by atoms with van der Waals surface area (Å²) < 4.78 is 5.08. The number of nitrogens with zero attached hydrogens (tertiary/aromatic N) is 2. The number of carbonyl (C=O) groups is 2. The first-order chi connectivity index (χ1) is 13.9. The summed E-state index contributed by atoms with van der Waals surface area (Å²) in [6.07, 6.45) is 2.76. The number of rotatable bonds is 7. The molecular weight excluding hydrogens is 366 g/mol. The predicted molar refractivity (Wildman–Crippen MR) is 112 cm³/mol. The largest absolute Gasteiger partial charge is 0.459 e. The van der Waals surface area contributed by atoms with Crippen LogP contribution in [0.3, 0.4) is 0 Å². The number of likely N-dealkylation sites (N-methyl/N-ethyl adjacent to an activating group) is 1. The van der Waals surface area contributed by atoms with Gasteiger partial charge in [0.05, 0.1) is 12.8 Å². The molecule has 1 N–H and O–H groups in total. The summed E-state index contributed by atoms with van der Waals surface area (Å²) in [6.45, 7) is 8.38. The lowest BCUT2D eigenvalue weighted by Gasteiger charge is -2.35. The third-order valence-electron chi connectivity index (χ3n) is 5.32. The Morgan fingerprint density at radius 3 is 2.38 bits per heavy atom. The van der Waals surface area contributed by atoms with Gasteiger partial charge in [-0.05, 0) is 41.5 Å². The molecule has 3 rings (SSSR count). The predicted octanol–water partition coefficient (Wildman–Crippen LogP) is 3.15. The average Bonchev–Trinajstić information content (AvgIpc) is 3.20. The van der Waals surface area contributed by atoms with Gasteiger partial charge in [0.1, 0.15) is 0 Å². The Labute approximate surface area is 172 Å². The van der Waals surface area contributed by atoms with E-state index in [-0.39, 0.29) is 24.1 Å². The molecule has 1 aliphatic rings. The zero-order chi connectivity index (χ0) is 20.8. The minimum atomic E-state index is -0.309. The van der Waals surface area contributed by atoms with Crippen LogP contribution in [0.15, 0.2) is 47.1 Å². The van der Waals surface area contributed by atoms with Gasteiger partial charge in [-0.1, -0.05) is 38.1 Å². The van der Waals surface area contributed by atoms with Crippen LogP contribution in [0.25, 0.3) is 0 Å². The molecule has 2 atom stereocenters. The van der Waals surface area contributed by atoms with Crippen LogP contribution < -0.4 is 5.32 Å². The molecule has 0 saturated carbocycles. The molecule has 1 aromatic carbocycles. The molecule has 2 unspecified atom stereocenters. The van der Waals surface area contributed by atoms with Crippen LogP contribution in [-0.2, 0) is 17.9 Å². The standard InChI is InChI=1S/C23H31N3O3/c1-17-11-18(2)14-26(13-17)15-20-8-6-19(7-9-20)12-24-22(27)16-25(3)23(28)21-5-4-10-29-21/h4-10,17-18H,11-16H2,1-3H3,(H,24,27).